The fourth-order valence-electron chi connectivity index (χ4n) is 2.71. The van der Waals surface area contributed by atoms with E-state index in [1.165, 1.54) is 0 Å². The number of halogens is 1. The lowest BCUT2D eigenvalue weighted by atomic mass is 9.98. The minimum atomic E-state index is -0.0670. The zero-order valence-electron chi connectivity index (χ0n) is 14.9. The standard InChI is InChI=1S/C18H29NO3.ClH/c1-6-10-15(19(7-2)8-3)18(20)14-11-12-16(22-9-4)17(13-14)21-5;/h11-13,15H,6-10H2,1-5H3;1H. The van der Waals surface area contributed by atoms with Crippen molar-refractivity contribution in [1.29, 1.82) is 0 Å². The molecule has 0 amide bonds. The van der Waals surface area contributed by atoms with Crippen molar-refractivity contribution in [1.82, 2.24) is 4.90 Å². The number of hydrogen-bond acceptors (Lipinski definition) is 4. The number of likely N-dealkylation sites (N-methyl/N-ethyl adjacent to an activating group) is 1. The number of ketones is 1. The Bertz CT molecular complexity index is 475. The van der Waals surface area contributed by atoms with Crippen LogP contribution in [0.15, 0.2) is 18.2 Å². The molecule has 0 aliphatic carbocycles. The SMILES string of the molecule is CCCC(C(=O)c1ccc(OCC)c(OC)c1)N(CC)CC.Cl. The smallest absolute Gasteiger partial charge is 0.180 e. The Balaban J connectivity index is 0.00000484. The minimum Gasteiger partial charge on any atom is -0.493 e. The highest BCUT2D eigenvalue weighted by Gasteiger charge is 2.25. The molecule has 4 nitrogen and oxygen atoms in total. The number of carbonyl (C=O) groups excluding carboxylic acids is 1. The van der Waals surface area contributed by atoms with Gasteiger partial charge in [0, 0.05) is 5.56 Å². The van der Waals surface area contributed by atoms with Gasteiger partial charge in [-0.25, -0.2) is 0 Å². The number of carbonyl (C=O) groups is 1. The molecule has 1 aromatic rings. The number of methoxy groups -OCH3 is 1. The molecule has 1 aromatic carbocycles. The van der Waals surface area contributed by atoms with E-state index in [1.54, 1.807) is 13.2 Å². The molecule has 0 fully saturated rings. The van der Waals surface area contributed by atoms with Gasteiger partial charge in [0.05, 0.1) is 19.8 Å². The molecule has 1 rings (SSSR count). The number of rotatable bonds is 10. The molecule has 132 valence electrons. The largest absolute Gasteiger partial charge is 0.493 e. The van der Waals surface area contributed by atoms with Gasteiger partial charge in [-0.3, -0.25) is 9.69 Å². The van der Waals surface area contributed by atoms with Gasteiger partial charge in [0.25, 0.3) is 0 Å². The van der Waals surface area contributed by atoms with Crippen molar-refractivity contribution in [3.8, 4) is 11.5 Å². The fourth-order valence-corrected chi connectivity index (χ4v) is 2.71. The highest BCUT2D eigenvalue weighted by Crippen LogP contribution is 2.29. The molecule has 0 aliphatic rings. The first-order valence-electron chi connectivity index (χ1n) is 8.21. The van der Waals surface area contributed by atoms with E-state index in [0.29, 0.717) is 23.7 Å². The van der Waals surface area contributed by atoms with Gasteiger partial charge >= 0.3 is 0 Å². The molecule has 23 heavy (non-hydrogen) atoms. The van der Waals surface area contributed by atoms with Gasteiger partial charge in [-0.1, -0.05) is 27.2 Å². The van der Waals surface area contributed by atoms with E-state index >= 15 is 0 Å². The summed E-state index contributed by atoms with van der Waals surface area (Å²) in [5.41, 5.74) is 0.686. The van der Waals surface area contributed by atoms with E-state index in [4.69, 9.17) is 9.47 Å². The molecule has 0 saturated carbocycles. The first-order chi connectivity index (χ1) is 10.6. The van der Waals surface area contributed by atoms with Crippen LogP contribution in [0.5, 0.6) is 11.5 Å². The number of nitrogens with zero attached hydrogens (tertiary/aromatic N) is 1. The maximum Gasteiger partial charge on any atom is 0.180 e. The molecule has 0 bridgehead atoms. The molecule has 0 radical (unpaired) electrons. The molecule has 0 aromatic heterocycles. The van der Waals surface area contributed by atoms with Crippen molar-refractivity contribution in [2.24, 2.45) is 0 Å². The van der Waals surface area contributed by atoms with Crippen molar-refractivity contribution in [3.63, 3.8) is 0 Å². The van der Waals surface area contributed by atoms with Crippen LogP contribution in [0.2, 0.25) is 0 Å². The third-order valence-electron chi connectivity index (χ3n) is 3.87. The summed E-state index contributed by atoms with van der Waals surface area (Å²) in [5, 5.41) is 0. The summed E-state index contributed by atoms with van der Waals surface area (Å²) in [7, 11) is 1.60. The first kappa shape index (κ1) is 21.7. The van der Waals surface area contributed by atoms with E-state index in [-0.39, 0.29) is 24.2 Å². The van der Waals surface area contributed by atoms with Crippen molar-refractivity contribution in [2.75, 3.05) is 26.8 Å². The molecule has 1 atom stereocenters. The van der Waals surface area contributed by atoms with Crippen LogP contribution >= 0.6 is 12.4 Å². The van der Waals surface area contributed by atoms with E-state index in [0.717, 1.165) is 25.9 Å². The second kappa shape index (κ2) is 11.3. The summed E-state index contributed by atoms with van der Waals surface area (Å²) in [6, 6.07) is 5.38. The lowest BCUT2D eigenvalue weighted by Gasteiger charge is -2.28. The third kappa shape index (κ3) is 5.70. The Hall–Kier alpha value is -1.26. The average molecular weight is 344 g/mol. The number of benzene rings is 1. The van der Waals surface area contributed by atoms with Gasteiger partial charge < -0.3 is 9.47 Å². The van der Waals surface area contributed by atoms with Crippen LogP contribution in [0.3, 0.4) is 0 Å². The quantitative estimate of drug-likeness (QED) is 0.596. The van der Waals surface area contributed by atoms with Gasteiger partial charge in [0.2, 0.25) is 0 Å². The van der Waals surface area contributed by atoms with E-state index in [2.05, 4.69) is 25.7 Å². The Morgan fingerprint density at radius 3 is 2.26 bits per heavy atom. The molecular weight excluding hydrogens is 314 g/mol. The van der Waals surface area contributed by atoms with Gasteiger partial charge in [-0.2, -0.15) is 0 Å². The van der Waals surface area contributed by atoms with Crippen LogP contribution in [0, 0.1) is 0 Å². The Labute approximate surface area is 146 Å². The first-order valence-corrected chi connectivity index (χ1v) is 8.21. The average Bonchev–Trinajstić information content (AvgIpc) is 2.55. The molecule has 1 unspecified atom stereocenters. The topological polar surface area (TPSA) is 38.8 Å². The monoisotopic (exact) mass is 343 g/mol. The van der Waals surface area contributed by atoms with Gasteiger partial charge in [-0.05, 0) is 44.6 Å². The molecular formula is C18H30ClNO3. The van der Waals surface area contributed by atoms with Crippen LogP contribution in [-0.4, -0.2) is 43.5 Å². The summed E-state index contributed by atoms with van der Waals surface area (Å²) in [5.74, 6) is 1.45. The summed E-state index contributed by atoms with van der Waals surface area (Å²) in [6.45, 7) is 10.6. The maximum atomic E-state index is 12.9. The van der Waals surface area contributed by atoms with Crippen LogP contribution in [0.4, 0.5) is 0 Å². The lowest BCUT2D eigenvalue weighted by Crippen LogP contribution is -2.41. The van der Waals surface area contributed by atoms with Crippen molar-refractivity contribution >= 4 is 18.2 Å². The summed E-state index contributed by atoms with van der Waals surface area (Å²) in [4.78, 5) is 15.1. The second-order valence-corrected chi connectivity index (χ2v) is 5.19. The highest BCUT2D eigenvalue weighted by atomic mass is 35.5. The normalized spacial score (nSPS) is 11.7. The van der Waals surface area contributed by atoms with E-state index < -0.39 is 0 Å². The Morgan fingerprint density at radius 1 is 1.13 bits per heavy atom. The van der Waals surface area contributed by atoms with Gasteiger partial charge in [0.1, 0.15) is 0 Å². The third-order valence-corrected chi connectivity index (χ3v) is 3.87. The molecule has 0 aliphatic heterocycles. The van der Waals surface area contributed by atoms with Gasteiger partial charge in [0.15, 0.2) is 17.3 Å². The van der Waals surface area contributed by atoms with Crippen molar-refractivity contribution < 1.29 is 14.3 Å². The summed E-state index contributed by atoms with van der Waals surface area (Å²) >= 11 is 0. The fraction of sp³-hybridized carbons (Fsp3) is 0.611. The molecule has 0 heterocycles. The number of hydrogen-bond donors (Lipinski definition) is 0. The lowest BCUT2D eigenvalue weighted by molar-refractivity contribution is 0.0818. The summed E-state index contributed by atoms with van der Waals surface area (Å²) in [6.07, 6.45) is 1.86. The Kier molecular flexibility index (Phi) is 10.7. The molecule has 0 N–H and O–H groups in total. The second-order valence-electron chi connectivity index (χ2n) is 5.19. The molecule has 0 saturated heterocycles. The van der Waals surface area contributed by atoms with Crippen molar-refractivity contribution in [2.45, 2.75) is 46.6 Å². The predicted molar refractivity (Wildman–Crippen MR) is 97.4 cm³/mol. The van der Waals surface area contributed by atoms with Crippen LogP contribution in [-0.2, 0) is 0 Å². The van der Waals surface area contributed by atoms with E-state index in [9.17, 15) is 4.79 Å². The number of Topliss-reactive ketones (excluding diaryl/α,β-unsaturated/α-hetero) is 1. The maximum absolute atomic E-state index is 12.9. The van der Waals surface area contributed by atoms with Crippen LogP contribution < -0.4 is 9.47 Å². The minimum absolute atomic E-state index is 0. The summed E-state index contributed by atoms with van der Waals surface area (Å²) < 4.78 is 10.9. The van der Waals surface area contributed by atoms with Crippen molar-refractivity contribution in [3.05, 3.63) is 23.8 Å². The van der Waals surface area contributed by atoms with E-state index in [1.807, 2.05) is 19.1 Å². The predicted octanol–water partition coefficient (Wildman–Crippen LogP) is 4.21. The van der Waals surface area contributed by atoms with Crippen LogP contribution in [0.1, 0.15) is 50.9 Å². The van der Waals surface area contributed by atoms with Gasteiger partial charge in [-0.15, -0.1) is 12.4 Å². The molecule has 5 heteroatoms. The zero-order valence-corrected chi connectivity index (χ0v) is 15.7. The highest BCUT2D eigenvalue weighted by molar-refractivity contribution is 6.00. The Morgan fingerprint density at radius 2 is 1.78 bits per heavy atom. The van der Waals surface area contributed by atoms with Crippen LogP contribution in [0.25, 0.3) is 0 Å². The number of ether oxygens (including phenoxy) is 2. The molecule has 0 spiro atoms. The zero-order chi connectivity index (χ0) is 16.5.